The van der Waals surface area contributed by atoms with Gasteiger partial charge in [0, 0.05) is 7.05 Å². The normalized spacial score (nSPS) is 10.7. The van der Waals surface area contributed by atoms with Gasteiger partial charge in [-0.15, -0.1) is 0 Å². The molecule has 3 heteroatoms. The lowest BCUT2D eigenvalue weighted by molar-refractivity contribution is 0.691. The van der Waals surface area contributed by atoms with E-state index in [1.165, 1.54) is 17.0 Å². The maximum absolute atomic E-state index is 4.55. The van der Waals surface area contributed by atoms with Crippen LogP contribution < -0.4 is 5.32 Å². The fraction of sp³-hybridized carbons (Fsp3) is 0.357. The molecule has 0 saturated carbocycles. The molecule has 0 amide bonds. The fourth-order valence-electron chi connectivity index (χ4n) is 1.97. The molecule has 0 bridgehead atoms. The van der Waals surface area contributed by atoms with Gasteiger partial charge in [-0.25, -0.2) is 0 Å². The minimum absolute atomic E-state index is 1.03. The van der Waals surface area contributed by atoms with E-state index < -0.39 is 0 Å². The van der Waals surface area contributed by atoms with Crippen molar-refractivity contribution in [2.75, 3.05) is 13.6 Å². The second-order valence-electron chi connectivity index (χ2n) is 4.22. The molecule has 0 aliphatic carbocycles. The number of nitrogens with zero attached hydrogens (tertiary/aromatic N) is 2. The Balaban J connectivity index is 2.14. The molecular formula is C14H19N3. The van der Waals surface area contributed by atoms with Gasteiger partial charge in [0.25, 0.3) is 0 Å². The second kappa shape index (κ2) is 5.64. The van der Waals surface area contributed by atoms with Gasteiger partial charge in [0.2, 0.25) is 0 Å². The summed E-state index contributed by atoms with van der Waals surface area (Å²) in [6, 6.07) is 12.6. The van der Waals surface area contributed by atoms with Crippen molar-refractivity contribution in [3.8, 4) is 11.3 Å². The molecule has 0 aliphatic heterocycles. The fourth-order valence-corrected chi connectivity index (χ4v) is 1.97. The lowest BCUT2D eigenvalue weighted by Gasteiger charge is -1.99. The van der Waals surface area contributed by atoms with Gasteiger partial charge in [-0.3, -0.25) is 4.68 Å². The smallest absolute Gasteiger partial charge is 0.0681 e. The highest BCUT2D eigenvalue weighted by molar-refractivity contribution is 5.59. The molecule has 0 unspecified atom stereocenters. The quantitative estimate of drug-likeness (QED) is 0.797. The topological polar surface area (TPSA) is 29.9 Å². The molecule has 0 radical (unpaired) electrons. The van der Waals surface area contributed by atoms with Crippen LogP contribution in [0.1, 0.15) is 12.1 Å². The molecule has 1 heterocycles. The van der Waals surface area contributed by atoms with Gasteiger partial charge in [0.05, 0.1) is 11.4 Å². The van der Waals surface area contributed by atoms with Crippen LogP contribution in [0.3, 0.4) is 0 Å². The molecule has 1 aromatic carbocycles. The first-order valence-corrected chi connectivity index (χ1v) is 6.04. The van der Waals surface area contributed by atoms with Gasteiger partial charge in [-0.1, -0.05) is 30.3 Å². The standard InChI is InChI=1S/C14H19N3/c1-15-10-6-9-13-11-14(17(2)16-13)12-7-4-3-5-8-12/h3-5,7-8,11,15H,6,9-10H2,1-2H3. The minimum atomic E-state index is 1.03. The predicted molar refractivity (Wildman–Crippen MR) is 70.9 cm³/mol. The van der Waals surface area contributed by atoms with Crippen LogP contribution in [0.4, 0.5) is 0 Å². The summed E-state index contributed by atoms with van der Waals surface area (Å²) in [5, 5.41) is 7.70. The summed E-state index contributed by atoms with van der Waals surface area (Å²) in [5.41, 5.74) is 3.58. The van der Waals surface area contributed by atoms with Gasteiger partial charge >= 0.3 is 0 Å². The first-order valence-electron chi connectivity index (χ1n) is 6.04. The lowest BCUT2D eigenvalue weighted by Crippen LogP contribution is -2.08. The Morgan fingerprint density at radius 1 is 1.24 bits per heavy atom. The van der Waals surface area contributed by atoms with Crippen molar-refractivity contribution in [1.82, 2.24) is 15.1 Å². The third-order valence-electron chi connectivity index (χ3n) is 2.86. The summed E-state index contributed by atoms with van der Waals surface area (Å²) in [5.74, 6) is 0. The molecule has 1 N–H and O–H groups in total. The number of benzene rings is 1. The van der Waals surface area contributed by atoms with E-state index in [1.807, 2.05) is 24.8 Å². The van der Waals surface area contributed by atoms with Crippen molar-refractivity contribution in [3.63, 3.8) is 0 Å². The summed E-state index contributed by atoms with van der Waals surface area (Å²) >= 11 is 0. The number of nitrogens with one attached hydrogen (secondary N) is 1. The molecule has 2 aromatic rings. The lowest BCUT2D eigenvalue weighted by atomic mass is 10.1. The Morgan fingerprint density at radius 3 is 2.71 bits per heavy atom. The second-order valence-corrected chi connectivity index (χ2v) is 4.22. The van der Waals surface area contributed by atoms with E-state index in [1.54, 1.807) is 0 Å². The Labute approximate surface area is 102 Å². The highest BCUT2D eigenvalue weighted by atomic mass is 15.3. The molecular weight excluding hydrogens is 210 g/mol. The van der Waals surface area contributed by atoms with E-state index >= 15 is 0 Å². The first kappa shape index (κ1) is 11.9. The molecule has 0 atom stereocenters. The molecule has 3 nitrogen and oxygen atoms in total. The third kappa shape index (κ3) is 2.94. The van der Waals surface area contributed by atoms with E-state index in [0.717, 1.165) is 19.4 Å². The molecule has 17 heavy (non-hydrogen) atoms. The Kier molecular flexibility index (Phi) is 3.94. The van der Waals surface area contributed by atoms with E-state index in [0.29, 0.717) is 0 Å². The molecule has 2 rings (SSSR count). The average molecular weight is 229 g/mol. The van der Waals surface area contributed by atoms with Crippen LogP contribution in [0.25, 0.3) is 11.3 Å². The van der Waals surface area contributed by atoms with Crippen LogP contribution in [0.5, 0.6) is 0 Å². The van der Waals surface area contributed by atoms with E-state index in [9.17, 15) is 0 Å². The average Bonchev–Trinajstić information content (AvgIpc) is 2.72. The van der Waals surface area contributed by atoms with Crippen LogP contribution in [0.2, 0.25) is 0 Å². The largest absolute Gasteiger partial charge is 0.320 e. The third-order valence-corrected chi connectivity index (χ3v) is 2.86. The zero-order chi connectivity index (χ0) is 12.1. The summed E-state index contributed by atoms with van der Waals surface area (Å²) < 4.78 is 1.96. The molecule has 90 valence electrons. The Hall–Kier alpha value is -1.61. The van der Waals surface area contributed by atoms with Crippen LogP contribution in [0.15, 0.2) is 36.4 Å². The van der Waals surface area contributed by atoms with Crippen molar-refractivity contribution < 1.29 is 0 Å². The molecule has 0 saturated heterocycles. The van der Waals surface area contributed by atoms with Crippen LogP contribution in [-0.4, -0.2) is 23.4 Å². The van der Waals surface area contributed by atoms with Crippen molar-refractivity contribution in [1.29, 1.82) is 0 Å². The zero-order valence-corrected chi connectivity index (χ0v) is 10.5. The van der Waals surface area contributed by atoms with Crippen molar-refractivity contribution in [2.24, 2.45) is 7.05 Å². The predicted octanol–water partition coefficient (Wildman–Crippen LogP) is 2.24. The molecule has 0 fully saturated rings. The highest BCUT2D eigenvalue weighted by Crippen LogP contribution is 2.19. The summed E-state index contributed by atoms with van der Waals surface area (Å²) in [4.78, 5) is 0. The number of hydrogen-bond acceptors (Lipinski definition) is 2. The first-order chi connectivity index (χ1) is 8.31. The monoisotopic (exact) mass is 229 g/mol. The van der Waals surface area contributed by atoms with Crippen LogP contribution in [-0.2, 0) is 13.5 Å². The van der Waals surface area contributed by atoms with Gasteiger partial charge in [-0.2, -0.15) is 5.10 Å². The summed E-state index contributed by atoms with van der Waals surface area (Å²) in [6.45, 7) is 1.04. The van der Waals surface area contributed by atoms with Crippen molar-refractivity contribution in [3.05, 3.63) is 42.1 Å². The zero-order valence-electron chi connectivity index (χ0n) is 10.5. The van der Waals surface area contributed by atoms with Crippen molar-refractivity contribution in [2.45, 2.75) is 12.8 Å². The maximum atomic E-state index is 4.55. The SMILES string of the molecule is CNCCCc1cc(-c2ccccc2)n(C)n1. The number of aromatic nitrogens is 2. The molecule has 0 aliphatic rings. The van der Waals surface area contributed by atoms with Gasteiger partial charge in [0.1, 0.15) is 0 Å². The maximum Gasteiger partial charge on any atom is 0.0681 e. The highest BCUT2D eigenvalue weighted by Gasteiger charge is 2.06. The van der Waals surface area contributed by atoms with Gasteiger partial charge in [-0.05, 0) is 38.1 Å². The van der Waals surface area contributed by atoms with Gasteiger partial charge < -0.3 is 5.32 Å². The van der Waals surface area contributed by atoms with Crippen molar-refractivity contribution >= 4 is 0 Å². The summed E-state index contributed by atoms with van der Waals surface area (Å²) in [6.07, 6.45) is 2.16. The number of rotatable bonds is 5. The number of aryl methyl sites for hydroxylation is 2. The Bertz CT molecular complexity index is 460. The molecule has 1 aromatic heterocycles. The van der Waals surface area contributed by atoms with Gasteiger partial charge in [0.15, 0.2) is 0 Å². The summed E-state index contributed by atoms with van der Waals surface area (Å²) in [7, 11) is 3.98. The molecule has 0 spiro atoms. The van der Waals surface area contributed by atoms with Crippen LogP contribution in [0, 0.1) is 0 Å². The number of hydrogen-bond donors (Lipinski definition) is 1. The Morgan fingerprint density at radius 2 is 2.00 bits per heavy atom. The van der Waals surface area contributed by atoms with Crippen LogP contribution >= 0.6 is 0 Å². The van der Waals surface area contributed by atoms with E-state index in [2.05, 4.69) is 40.7 Å². The minimum Gasteiger partial charge on any atom is -0.320 e. The van der Waals surface area contributed by atoms with E-state index in [4.69, 9.17) is 0 Å². The van der Waals surface area contributed by atoms with E-state index in [-0.39, 0.29) is 0 Å².